The predicted molar refractivity (Wildman–Crippen MR) is 143 cm³/mol. The van der Waals surface area contributed by atoms with Gasteiger partial charge in [-0.2, -0.15) is 0 Å². The predicted octanol–water partition coefficient (Wildman–Crippen LogP) is 7.41. The fourth-order valence-electron chi connectivity index (χ4n) is 5.77. The van der Waals surface area contributed by atoms with Crippen LogP contribution in [0, 0.1) is 29.4 Å². The van der Waals surface area contributed by atoms with Crippen LogP contribution in [0.1, 0.15) is 60.5 Å². The van der Waals surface area contributed by atoms with Crippen LogP contribution in [-0.4, -0.2) is 24.0 Å². The fraction of sp³-hybridized carbons (Fsp3) is 0.406. The van der Waals surface area contributed by atoms with Crippen molar-refractivity contribution in [2.75, 3.05) is 13.2 Å². The van der Waals surface area contributed by atoms with E-state index in [1.165, 1.54) is 18.2 Å². The summed E-state index contributed by atoms with van der Waals surface area (Å²) in [6, 6.07) is 18.9. The second-order valence-corrected chi connectivity index (χ2v) is 10.8. The van der Waals surface area contributed by atoms with E-state index in [0.29, 0.717) is 48.8 Å². The highest BCUT2D eigenvalue weighted by atomic mass is 19.1. The third-order valence-corrected chi connectivity index (χ3v) is 8.09. The summed E-state index contributed by atoms with van der Waals surface area (Å²) in [6.07, 6.45) is 5.37. The van der Waals surface area contributed by atoms with Gasteiger partial charge in [-0.25, -0.2) is 8.78 Å². The summed E-state index contributed by atoms with van der Waals surface area (Å²) >= 11 is 0. The van der Waals surface area contributed by atoms with E-state index in [2.05, 4.69) is 6.92 Å². The molecule has 1 atom stereocenters. The van der Waals surface area contributed by atoms with Crippen LogP contribution in [0.25, 0.3) is 0 Å². The van der Waals surface area contributed by atoms with Crippen LogP contribution in [-0.2, 0) is 13.2 Å². The molecule has 1 heterocycles. The zero-order valence-corrected chi connectivity index (χ0v) is 21.9. The Morgan fingerprint density at radius 2 is 1.74 bits per heavy atom. The second kappa shape index (κ2) is 12.0. The Labute approximate surface area is 223 Å². The van der Waals surface area contributed by atoms with Crippen LogP contribution in [0.15, 0.2) is 66.7 Å². The number of halogens is 2. The molecule has 0 saturated heterocycles. The lowest BCUT2D eigenvalue weighted by atomic mass is 9.75. The molecule has 0 bridgehead atoms. The number of nitrogens with zero attached hydrogens (tertiary/aromatic N) is 1. The van der Waals surface area contributed by atoms with Crippen molar-refractivity contribution < 1.29 is 23.0 Å². The monoisotopic (exact) mass is 519 g/mol. The van der Waals surface area contributed by atoms with E-state index in [-0.39, 0.29) is 24.1 Å². The lowest BCUT2D eigenvalue weighted by Crippen LogP contribution is -2.32. The number of carbonyl (C=O) groups excluding carboxylic acids is 1. The van der Waals surface area contributed by atoms with Crippen molar-refractivity contribution in [2.45, 2.75) is 52.2 Å². The molecule has 0 N–H and O–H groups in total. The molecule has 1 fully saturated rings. The number of fused-ring (bicyclic) bond motifs is 1. The van der Waals surface area contributed by atoms with Gasteiger partial charge < -0.3 is 14.4 Å². The van der Waals surface area contributed by atoms with E-state index in [4.69, 9.17) is 9.47 Å². The zero-order valence-electron chi connectivity index (χ0n) is 21.9. The lowest BCUT2D eigenvalue weighted by molar-refractivity contribution is 0.0719. The van der Waals surface area contributed by atoms with Gasteiger partial charge in [0.25, 0.3) is 5.91 Å². The molecule has 1 aliphatic heterocycles. The molecule has 1 amide bonds. The Kier molecular flexibility index (Phi) is 8.26. The minimum absolute atomic E-state index is 0.0328. The molecule has 0 spiro atoms. The molecule has 0 radical (unpaired) electrons. The van der Waals surface area contributed by atoms with Crippen molar-refractivity contribution in [3.8, 4) is 11.5 Å². The van der Waals surface area contributed by atoms with Gasteiger partial charge in [0.15, 0.2) is 11.6 Å². The first-order chi connectivity index (χ1) is 18.5. The third kappa shape index (κ3) is 6.35. The third-order valence-electron chi connectivity index (χ3n) is 8.09. The molecular formula is C32H35F2NO3. The van der Waals surface area contributed by atoms with E-state index in [9.17, 15) is 13.6 Å². The second-order valence-electron chi connectivity index (χ2n) is 10.8. The molecular weight excluding hydrogens is 484 g/mol. The van der Waals surface area contributed by atoms with E-state index in [1.54, 1.807) is 18.2 Å². The molecule has 3 aromatic carbocycles. The average Bonchev–Trinajstić information content (AvgIpc) is 3.21. The Morgan fingerprint density at radius 3 is 2.50 bits per heavy atom. The molecule has 0 aromatic heterocycles. The van der Waals surface area contributed by atoms with Crippen LogP contribution in [0.2, 0.25) is 0 Å². The molecule has 200 valence electrons. The van der Waals surface area contributed by atoms with Crippen LogP contribution >= 0.6 is 0 Å². The number of ether oxygens (including phenoxy) is 2. The Balaban J connectivity index is 1.08. The summed E-state index contributed by atoms with van der Waals surface area (Å²) in [7, 11) is 0. The lowest BCUT2D eigenvalue weighted by Gasteiger charge is -2.34. The van der Waals surface area contributed by atoms with Crippen LogP contribution in [0.5, 0.6) is 11.5 Å². The minimum Gasteiger partial charge on any atom is -0.493 e. The van der Waals surface area contributed by atoms with Gasteiger partial charge in [-0.15, -0.1) is 0 Å². The molecule has 1 saturated carbocycles. The van der Waals surface area contributed by atoms with Gasteiger partial charge in [-0.1, -0.05) is 43.3 Å². The largest absolute Gasteiger partial charge is 0.493 e. The van der Waals surface area contributed by atoms with Crippen molar-refractivity contribution in [3.63, 3.8) is 0 Å². The number of amides is 1. The Morgan fingerprint density at radius 1 is 0.947 bits per heavy atom. The van der Waals surface area contributed by atoms with Gasteiger partial charge in [0.05, 0.1) is 6.61 Å². The standard InChI is InChI=1S/C32H35F2NO3/c1-22(14-15-37-28-9-5-8-27(33)17-28)25-12-10-23(11-13-25)19-35-20-26-16-30(34)31(18-29(26)32(35)36)38-21-24-6-3-2-4-7-24/h2-9,16-18,22-23,25H,10-15,19-21H2,1H3. The first-order valence-electron chi connectivity index (χ1n) is 13.6. The maximum absolute atomic E-state index is 14.7. The SMILES string of the molecule is CC(CCOc1cccc(F)c1)C1CCC(CN2Cc3cc(F)c(OCc4ccccc4)cc3C2=O)CC1. The van der Waals surface area contributed by atoms with Gasteiger partial charge in [-0.05, 0) is 85.3 Å². The summed E-state index contributed by atoms with van der Waals surface area (Å²) in [6.45, 7) is 4.27. The molecule has 1 aliphatic carbocycles. The van der Waals surface area contributed by atoms with Crippen LogP contribution in [0.3, 0.4) is 0 Å². The molecule has 1 unspecified atom stereocenters. The Hall–Kier alpha value is -3.41. The molecule has 6 heteroatoms. The first kappa shape index (κ1) is 26.2. The molecule has 2 aliphatic rings. The number of rotatable bonds is 10. The van der Waals surface area contributed by atoms with Crippen molar-refractivity contribution in [3.05, 3.63) is 95.1 Å². The van der Waals surface area contributed by atoms with E-state index >= 15 is 0 Å². The molecule has 5 rings (SSSR count). The van der Waals surface area contributed by atoms with Crippen molar-refractivity contribution in [1.82, 2.24) is 4.90 Å². The first-order valence-corrected chi connectivity index (χ1v) is 13.6. The van der Waals surface area contributed by atoms with Crippen LogP contribution < -0.4 is 9.47 Å². The summed E-state index contributed by atoms with van der Waals surface area (Å²) in [4.78, 5) is 15.0. The summed E-state index contributed by atoms with van der Waals surface area (Å²) in [5.74, 6) is 1.58. The molecule has 3 aromatic rings. The summed E-state index contributed by atoms with van der Waals surface area (Å²) in [5, 5.41) is 0. The summed E-state index contributed by atoms with van der Waals surface area (Å²) in [5.41, 5.74) is 2.24. The highest BCUT2D eigenvalue weighted by molar-refractivity contribution is 5.98. The van der Waals surface area contributed by atoms with Gasteiger partial charge in [0.2, 0.25) is 0 Å². The topological polar surface area (TPSA) is 38.8 Å². The minimum atomic E-state index is -0.426. The maximum atomic E-state index is 14.7. The zero-order chi connectivity index (χ0) is 26.5. The number of carbonyl (C=O) groups is 1. The number of hydrogen-bond donors (Lipinski definition) is 0. The van der Waals surface area contributed by atoms with Crippen molar-refractivity contribution in [2.24, 2.45) is 17.8 Å². The van der Waals surface area contributed by atoms with Crippen molar-refractivity contribution in [1.29, 1.82) is 0 Å². The Bertz CT molecular complexity index is 1240. The highest BCUT2D eigenvalue weighted by Gasteiger charge is 2.33. The maximum Gasteiger partial charge on any atom is 0.254 e. The number of benzene rings is 3. The average molecular weight is 520 g/mol. The van der Waals surface area contributed by atoms with E-state index in [0.717, 1.165) is 43.2 Å². The van der Waals surface area contributed by atoms with Gasteiger partial charge in [-0.3, -0.25) is 4.79 Å². The smallest absolute Gasteiger partial charge is 0.254 e. The highest BCUT2D eigenvalue weighted by Crippen LogP contribution is 2.37. The van der Waals surface area contributed by atoms with E-state index in [1.807, 2.05) is 35.2 Å². The van der Waals surface area contributed by atoms with Gasteiger partial charge in [0.1, 0.15) is 18.2 Å². The fourth-order valence-corrected chi connectivity index (χ4v) is 5.77. The quantitative estimate of drug-likeness (QED) is 0.280. The molecule has 4 nitrogen and oxygen atoms in total. The van der Waals surface area contributed by atoms with Gasteiger partial charge in [0, 0.05) is 24.7 Å². The summed E-state index contributed by atoms with van der Waals surface area (Å²) < 4.78 is 39.5. The normalized spacial score (nSPS) is 19.8. The van der Waals surface area contributed by atoms with Crippen molar-refractivity contribution >= 4 is 5.91 Å². The number of hydrogen-bond acceptors (Lipinski definition) is 3. The van der Waals surface area contributed by atoms with Crippen LogP contribution in [0.4, 0.5) is 8.78 Å². The molecule has 38 heavy (non-hydrogen) atoms. The van der Waals surface area contributed by atoms with E-state index < -0.39 is 5.82 Å². The van der Waals surface area contributed by atoms with Gasteiger partial charge >= 0.3 is 0 Å².